The smallest absolute Gasteiger partial charge is 0.390 e. The summed E-state index contributed by atoms with van der Waals surface area (Å²) in [5, 5.41) is 14.3. The van der Waals surface area contributed by atoms with Gasteiger partial charge in [0.1, 0.15) is 6.61 Å². The molecule has 0 atom stereocenters. The van der Waals surface area contributed by atoms with Crippen molar-refractivity contribution in [2.45, 2.75) is 26.1 Å². The Hall–Kier alpha value is -1.43. The fraction of sp³-hybridized carbons (Fsp3) is 0.562. The minimum absolute atomic E-state index is 0. The second-order valence-corrected chi connectivity index (χ2v) is 5.04. The Labute approximate surface area is 168 Å². The third kappa shape index (κ3) is 9.90. The van der Waals surface area contributed by atoms with Crippen molar-refractivity contribution in [3.8, 4) is 11.5 Å². The van der Waals surface area contributed by atoms with Gasteiger partial charge in [0.15, 0.2) is 17.5 Å². The Balaban J connectivity index is 0.00000625. The minimum atomic E-state index is -4.21. The van der Waals surface area contributed by atoms with E-state index in [0.717, 1.165) is 5.56 Å². The quantitative estimate of drug-likeness (QED) is 0.282. The molecule has 0 unspecified atom stereocenters. The van der Waals surface area contributed by atoms with Gasteiger partial charge in [0.25, 0.3) is 0 Å². The lowest BCUT2D eigenvalue weighted by molar-refractivity contribution is -0.132. The third-order valence-corrected chi connectivity index (χ3v) is 3.04. The molecule has 0 heterocycles. The van der Waals surface area contributed by atoms with Crippen LogP contribution in [0, 0.1) is 0 Å². The summed E-state index contributed by atoms with van der Waals surface area (Å²) in [4.78, 5) is 4.26. The van der Waals surface area contributed by atoms with E-state index in [0.29, 0.717) is 24.0 Å². The molecule has 0 aliphatic rings. The SMILES string of the molecule is CCNC(=NCc1ccc(OCCO)c(OC)c1)NCCC(F)(F)F.I. The molecule has 150 valence electrons. The molecule has 26 heavy (non-hydrogen) atoms. The molecule has 3 N–H and O–H groups in total. The average Bonchev–Trinajstić information content (AvgIpc) is 2.57. The molecule has 0 aromatic heterocycles. The fourth-order valence-corrected chi connectivity index (χ4v) is 1.92. The maximum absolute atomic E-state index is 12.2. The standard InChI is InChI=1S/C16H24F3N3O3.HI/c1-3-20-15(21-7-6-16(17,18)19)22-11-12-4-5-13(25-9-8-23)14(10-12)24-2;/h4-5,10,23H,3,6-9,11H2,1-2H3,(H2,20,21,22);1H. The highest BCUT2D eigenvalue weighted by molar-refractivity contribution is 14.0. The number of methoxy groups -OCH3 is 1. The van der Waals surface area contributed by atoms with E-state index in [2.05, 4.69) is 15.6 Å². The van der Waals surface area contributed by atoms with Gasteiger partial charge in [0, 0.05) is 13.1 Å². The summed E-state index contributed by atoms with van der Waals surface area (Å²) >= 11 is 0. The van der Waals surface area contributed by atoms with Crippen LogP contribution >= 0.6 is 24.0 Å². The Kier molecular flexibility index (Phi) is 12.1. The van der Waals surface area contributed by atoms with Gasteiger partial charge < -0.3 is 25.2 Å². The molecule has 0 radical (unpaired) electrons. The monoisotopic (exact) mass is 491 g/mol. The van der Waals surface area contributed by atoms with Crippen LogP contribution in [-0.2, 0) is 6.54 Å². The predicted octanol–water partition coefficient (Wildman–Crippen LogP) is 2.69. The Morgan fingerprint density at radius 2 is 1.96 bits per heavy atom. The molecule has 0 fully saturated rings. The first kappa shape index (κ1) is 24.6. The number of hydrogen-bond donors (Lipinski definition) is 3. The number of alkyl halides is 3. The molecule has 6 nitrogen and oxygen atoms in total. The molecule has 0 aliphatic carbocycles. The van der Waals surface area contributed by atoms with Crippen molar-refractivity contribution < 1.29 is 27.8 Å². The van der Waals surface area contributed by atoms with Gasteiger partial charge in [0.05, 0.1) is 26.7 Å². The first-order valence-electron chi connectivity index (χ1n) is 7.89. The van der Waals surface area contributed by atoms with E-state index in [4.69, 9.17) is 14.6 Å². The molecule has 1 aromatic rings. The molecule has 0 aliphatic heterocycles. The topological polar surface area (TPSA) is 75.1 Å². The predicted molar refractivity (Wildman–Crippen MR) is 104 cm³/mol. The highest BCUT2D eigenvalue weighted by atomic mass is 127. The molecular formula is C16H25F3IN3O3. The normalized spacial score (nSPS) is 11.5. The number of hydrogen-bond acceptors (Lipinski definition) is 4. The number of aliphatic hydroxyl groups excluding tert-OH is 1. The number of nitrogens with one attached hydrogen (secondary N) is 2. The zero-order chi connectivity index (χ0) is 18.7. The summed E-state index contributed by atoms with van der Waals surface area (Å²) in [5.41, 5.74) is 0.807. The van der Waals surface area contributed by atoms with E-state index in [1.807, 2.05) is 6.92 Å². The Morgan fingerprint density at radius 3 is 2.54 bits per heavy atom. The van der Waals surface area contributed by atoms with Gasteiger partial charge in [-0.25, -0.2) is 4.99 Å². The van der Waals surface area contributed by atoms with Gasteiger partial charge in [-0.3, -0.25) is 0 Å². The minimum Gasteiger partial charge on any atom is -0.493 e. The number of aliphatic hydroxyl groups is 1. The van der Waals surface area contributed by atoms with E-state index in [1.54, 1.807) is 18.2 Å². The summed E-state index contributed by atoms with van der Waals surface area (Å²) in [6.45, 7) is 2.43. The molecule has 0 bridgehead atoms. The van der Waals surface area contributed by atoms with Crippen LogP contribution < -0.4 is 20.1 Å². The van der Waals surface area contributed by atoms with Gasteiger partial charge in [-0.1, -0.05) is 6.07 Å². The molecule has 0 saturated heterocycles. The van der Waals surface area contributed by atoms with E-state index < -0.39 is 12.6 Å². The molecule has 1 aromatic carbocycles. The van der Waals surface area contributed by atoms with Crippen molar-refractivity contribution in [2.24, 2.45) is 4.99 Å². The third-order valence-electron chi connectivity index (χ3n) is 3.04. The number of aliphatic imine (C=N–C) groups is 1. The maximum Gasteiger partial charge on any atom is 0.390 e. The molecule has 1 rings (SSSR count). The van der Waals surface area contributed by atoms with Crippen molar-refractivity contribution in [1.82, 2.24) is 10.6 Å². The van der Waals surface area contributed by atoms with Gasteiger partial charge in [-0.05, 0) is 24.6 Å². The first-order valence-corrected chi connectivity index (χ1v) is 7.89. The van der Waals surface area contributed by atoms with E-state index in [-0.39, 0.29) is 50.3 Å². The lowest BCUT2D eigenvalue weighted by Gasteiger charge is -2.13. The zero-order valence-corrected chi connectivity index (χ0v) is 17.1. The number of nitrogens with zero attached hydrogens (tertiary/aromatic N) is 1. The Morgan fingerprint density at radius 1 is 1.23 bits per heavy atom. The van der Waals surface area contributed by atoms with Gasteiger partial charge in [-0.2, -0.15) is 13.2 Å². The van der Waals surface area contributed by atoms with E-state index >= 15 is 0 Å². The summed E-state index contributed by atoms with van der Waals surface area (Å²) in [6.07, 6.45) is -5.13. The second-order valence-electron chi connectivity index (χ2n) is 5.04. The molecular weight excluding hydrogens is 466 g/mol. The molecule has 0 amide bonds. The van der Waals surface area contributed by atoms with Crippen molar-refractivity contribution in [2.75, 3.05) is 33.4 Å². The maximum atomic E-state index is 12.2. The van der Waals surface area contributed by atoms with Crippen molar-refractivity contribution in [1.29, 1.82) is 0 Å². The van der Waals surface area contributed by atoms with E-state index in [9.17, 15) is 13.2 Å². The van der Waals surface area contributed by atoms with Crippen molar-refractivity contribution in [3.63, 3.8) is 0 Å². The fourth-order valence-electron chi connectivity index (χ4n) is 1.92. The Bertz CT molecular complexity index is 557. The summed E-state index contributed by atoms with van der Waals surface area (Å²) < 4.78 is 47.2. The highest BCUT2D eigenvalue weighted by Gasteiger charge is 2.26. The van der Waals surface area contributed by atoms with Gasteiger partial charge >= 0.3 is 6.18 Å². The number of rotatable bonds is 9. The molecule has 0 saturated carbocycles. The largest absolute Gasteiger partial charge is 0.493 e. The number of benzene rings is 1. The summed E-state index contributed by atoms with van der Waals surface area (Å²) in [7, 11) is 1.50. The van der Waals surface area contributed by atoms with Crippen LogP contribution in [-0.4, -0.2) is 50.7 Å². The van der Waals surface area contributed by atoms with Gasteiger partial charge in [-0.15, -0.1) is 24.0 Å². The number of ether oxygens (including phenoxy) is 2. The van der Waals surface area contributed by atoms with Crippen LogP contribution in [0.3, 0.4) is 0 Å². The molecule has 10 heteroatoms. The summed E-state index contributed by atoms with van der Waals surface area (Å²) in [5.74, 6) is 1.31. The van der Waals surface area contributed by atoms with Crippen LogP contribution in [0.5, 0.6) is 11.5 Å². The average molecular weight is 491 g/mol. The van der Waals surface area contributed by atoms with Crippen molar-refractivity contribution in [3.05, 3.63) is 23.8 Å². The lowest BCUT2D eigenvalue weighted by atomic mass is 10.2. The van der Waals surface area contributed by atoms with E-state index in [1.165, 1.54) is 7.11 Å². The van der Waals surface area contributed by atoms with Crippen LogP contribution in [0.25, 0.3) is 0 Å². The molecule has 0 spiro atoms. The van der Waals surface area contributed by atoms with Crippen molar-refractivity contribution >= 4 is 29.9 Å². The lowest BCUT2D eigenvalue weighted by Crippen LogP contribution is -2.38. The van der Waals surface area contributed by atoms with Crippen LogP contribution in [0.2, 0.25) is 0 Å². The second kappa shape index (κ2) is 12.8. The summed E-state index contributed by atoms with van der Waals surface area (Å²) in [6, 6.07) is 5.21. The number of halogens is 4. The van der Waals surface area contributed by atoms with Crippen LogP contribution in [0.4, 0.5) is 13.2 Å². The highest BCUT2D eigenvalue weighted by Crippen LogP contribution is 2.28. The van der Waals surface area contributed by atoms with Crippen LogP contribution in [0.15, 0.2) is 23.2 Å². The number of guanidine groups is 1. The van der Waals surface area contributed by atoms with Crippen LogP contribution in [0.1, 0.15) is 18.9 Å². The van der Waals surface area contributed by atoms with Gasteiger partial charge in [0.2, 0.25) is 0 Å². The first-order chi connectivity index (χ1) is 11.9. The zero-order valence-electron chi connectivity index (χ0n) is 14.7.